The molecule has 1 aliphatic rings. The summed E-state index contributed by atoms with van der Waals surface area (Å²) in [7, 11) is 5.80. The van der Waals surface area contributed by atoms with E-state index in [1.165, 1.54) is 0 Å². The van der Waals surface area contributed by atoms with Gasteiger partial charge in [-0.05, 0) is 33.5 Å². The maximum atomic E-state index is 5.98. The van der Waals surface area contributed by atoms with Gasteiger partial charge in [0.2, 0.25) is 0 Å². The average Bonchev–Trinajstić information content (AvgIpc) is 3.18. The van der Waals surface area contributed by atoms with Gasteiger partial charge in [-0.1, -0.05) is 18.2 Å². The minimum atomic E-state index is 0.539. The van der Waals surface area contributed by atoms with Crippen LogP contribution in [0.5, 0.6) is 5.75 Å². The van der Waals surface area contributed by atoms with Crippen molar-refractivity contribution in [2.45, 2.75) is 19.9 Å². The van der Waals surface area contributed by atoms with Crippen LogP contribution in [-0.2, 0) is 16.0 Å². The summed E-state index contributed by atoms with van der Waals surface area (Å²) in [6.07, 6.45) is 1.13. The number of guanidine groups is 1. The first kappa shape index (κ1) is 23.4. The summed E-state index contributed by atoms with van der Waals surface area (Å²) < 4.78 is 16.7. The number of nitrogens with zero attached hydrogens (tertiary/aromatic N) is 3. The highest BCUT2D eigenvalue weighted by Crippen LogP contribution is 2.20. The molecule has 0 amide bonds. The van der Waals surface area contributed by atoms with Gasteiger partial charge in [0.25, 0.3) is 0 Å². The number of methoxy groups -OCH3 is 1. The Morgan fingerprint density at radius 3 is 2.83 bits per heavy atom. The third-order valence-corrected chi connectivity index (χ3v) is 4.87. The van der Waals surface area contributed by atoms with E-state index in [1.807, 2.05) is 32.3 Å². The Bertz CT molecular complexity index is 609. The van der Waals surface area contributed by atoms with Crippen LogP contribution in [0.15, 0.2) is 29.3 Å². The normalized spacial score (nSPS) is 17.2. The second kappa shape index (κ2) is 13.4. The van der Waals surface area contributed by atoms with E-state index in [2.05, 4.69) is 28.1 Å². The van der Waals surface area contributed by atoms with E-state index in [0.29, 0.717) is 32.3 Å². The number of benzene rings is 1. The molecule has 2 rings (SSSR count). The van der Waals surface area contributed by atoms with Gasteiger partial charge in [-0.15, -0.1) is 0 Å². The monoisotopic (exact) mass is 406 g/mol. The van der Waals surface area contributed by atoms with Crippen molar-refractivity contribution in [3.63, 3.8) is 0 Å². The highest BCUT2D eigenvalue weighted by molar-refractivity contribution is 5.80. The minimum absolute atomic E-state index is 0.539. The molecule has 0 bridgehead atoms. The molecule has 7 heteroatoms. The van der Waals surface area contributed by atoms with Crippen molar-refractivity contribution in [1.29, 1.82) is 0 Å². The molecule has 1 unspecified atom stereocenters. The van der Waals surface area contributed by atoms with E-state index in [4.69, 9.17) is 19.2 Å². The van der Waals surface area contributed by atoms with Crippen molar-refractivity contribution in [3.05, 3.63) is 29.8 Å². The number of hydrogen-bond donors (Lipinski definition) is 1. The Labute approximate surface area is 176 Å². The Hall–Kier alpha value is -1.83. The lowest BCUT2D eigenvalue weighted by atomic mass is 10.1. The minimum Gasteiger partial charge on any atom is -0.492 e. The maximum Gasteiger partial charge on any atom is 0.194 e. The van der Waals surface area contributed by atoms with Gasteiger partial charge in [-0.3, -0.25) is 0 Å². The first-order valence-electron chi connectivity index (χ1n) is 10.6. The zero-order chi connectivity index (χ0) is 20.9. The van der Waals surface area contributed by atoms with E-state index in [9.17, 15) is 0 Å². The molecule has 0 saturated carbocycles. The van der Waals surface area contributed by atoms with Crippen molar-refractivity contribution < 1.29 is 14.2 Å². The lowest BCUT2D eigenvalue weighted by Crippen LogP contribution is -2.40. The number of rotatable bonds is 12. The molecular weight excluding hydrogens is 368 g/mol. The Morgan fingerprint density at radius 2 is 2.07 bits per heavy atom. The van der Waals surface area contributed by atoms with Crippen LogP contribution in [0.4, 0.5) is 0 Å². The van der Waals surface area contributed by atoms with E-state index in [1.54, 1.807) is 7.11 Å². The van der Waals surface area contributed by atoms with Gasteiger partial charge >= 0.3 is 0 Å². The zero-order valence-corrected chi connectivity index (χ0v) is 18.5. The van der Waals surface area contributed by atoms with Crippen molar-refractivity contribution in [2.24, 2.45) is 10.9 Å². The fourth-order valence-electron chi connectivity index (χ4n) is 3.25. The molecule has 0 aromatic heterocycles. The number of para-hydroxylation sites is 1. The van der Waals surface area contributed by atoms with E-state index >= 15 is 0 Å². The Morgan fingerprint density at radius 1 is 1.24 bits per heavy atom. The number of likely N-dealkylation sites (tertiary alicyclic amines) is 1. The number of ether oxygens (including phenoxy) is 3. The van der Waals surface area contributed by atoms with Crippen molar-refractivity contribution in [1.82, 2.24) is 15.1 Å². The molecule has 1 aliphatic heterocycles. The molecule has 1 N–H and O–H groups in total. The smallest absolute Gasteiger partial charge is 0.194 e. The van der Waals surface area contributed by atoms with Gasteiger partial charge < -0.3 is 29.3 Å². The predicted octanol–water partition coefficient (Wildman–Crippen LogP) is 2.08. The molecule has 1 atom stereocenters. The summed E-state index contributed by atoms with van der Waals surface area (Å²) in [5.41, 5.74) is 1.11. The van der Waals surface area contributed by atoms with Gasteiger partial charge in [0.05, 0.1) is 26.4 Å². The molecule has 1 saturated heterocycles. The quantitative estimate of drug-likeness (QED) is 0.326. The largest absolute Gasteiger partial charge is 0.492 e. The molecule has 1 heterocycles. The van der Waals surface area contributed by atoms with Gasteiger partial charge in [0.15, 0.2) is 5.96 Å². The molecule has 1 aromatic carbocycles. The van der Waals surface area contributed by atoms with Crippen molar-refractivity contribution >= 4 is 5.96 Å². The van der Waals surface area contributed by atoms with E-state index in [0.717, 1.165) is 56.5 Å². The third kappa shape index (κ3) is 8.60. The molecule has 1 aromatic rings. The lowest BCUT2D eigenvalue weighted by Gasteiger charge is -2.22. The number of hydrogen-bond acceptors (Lipinski definition) is 5. The van der Waals surface area contributed by atoms with Crippen LogP contribution in [0, 0.1) is 5.92 Å². The fourth-order valence-corrected chi connectivity index (χ4v) is 3.25. The molecular formula is C22H38N4O3. The van der Waals surface area contributed by atoms with Crippen LogP contribution in [0.25, 0.3) is 0 Å². The first-order chi connectivity index (χ1) is 14.1. The number of aliphatic imine (C=N–C) groups is 1. The number of likely N-dealkylation sites (N-methyl/N-ethyl adjacent to an activating group) is 1. The van der Waals surface area contributed by atoms with Crippen LogP contribution < -0.4 is 10.1 Å². The van der Waals surface area contributed by atoms with Crippen molar-refractivity contribution in [2.75, 3.05) is 73.8 Å². The van der Waals surface area contributed by atoms with Crippen LogP contribution in [0.3, 0.4) is 0 Å². The summed E-state index contributed by atoms with van der Waals surface area (Å²) in [6, 6.07) is 8.17. The van der Waals surface area contributed by atoms with Crippen molar-refractivity contribution in [3.8, 4) is 5.75 Å². The second-order valence-electron chi connectivity index (χ2n) is 7.60. The second-order valence-corrected chi connectivity index (χ2v) is 7.60. The van der Waals surface area contributed by atoms with Gasteiger partial charge in [0.1, 0.15) is 12.4 Å². The predicted molar refractivity (Wildman–Crippen MR) is 118 cm³/mol. The summed E-state index contributed by atoms with van der Waals surface area (Å²) in [4.78, 5) is 9.35. The molecule has 7 nitrogen and oxygen atoms in total. The molecule has 29 heavy (non-hydrogen) atoms. The maximum absolute atomic E-state index is 5.98. The van der Waals surface area contributed by atoms with Gasteiger partial charge in [-0.25, -0.2) is 4.99 Å². The van der Waals surface area contributed by atoms with E-state index in [-0.39, 0.29) is 0 Å². The third-order valence-electron chi connectivity index (χ3n) is 4.87. The lowest BCUT2D eigenvalue weighted by molar-refractivity contribution is 0.0536. The summed E-state index contributed by atoms with van der Waals surface area (Å²) in [5, 5.41) is 3.44. The van der Waals surface area contributed by atoms with Crippen LogP contribution in [0.1, 0.15) is 18.9 Å². The summed E-state index contributed by atoms with van der Waals surface area (Å²) >= 11 is 0. The van der Waals surface area contributed by atoms with Gasteiger partial charge in [-0.2, -0.15) is 0 Å². The molecule has 1 fully saturated rings. The van der Waals surface area contributed by atoms with Crippen LogP contribution in [-0.4, -0.2) is 89.6 Å². The fraction of sp³-hybridized carbons (Fsp3) is 0.682. The highest BCUT2D eigenvalue weighted by atomic mass is 16.5. The summed E-state index contributed by atoms with van der Waals surface area (Å²) in [5.74, 6) is 2.42. The average molecular weight is 407 g/mol. The number of nitrogens with one attached hydrogen (secondary N) is 1. The molecule has 0 spiro atoms. The molecule has 0 aliphatic carbocycles. The topological polar surface area (TPSA) is 58.6 Å². The Kier molecular flexibility index (Phi) is 10.8. The first-order valence-corrected chi connectivity index (χ1v) is 10.6. The molecule has 164 valence electrons. The van der Waals surface area contributed by atoms with Gasteiger partial charge in [0, 0.05) is 44.8 Å². The Balaban J connectivity index is 1.92. The van der Waals surface area contributed by atoms with Crippen LogP contribution in [0.2, 0.25) is 0 Å². The van der Waals surface area contributed by atoms with Crippen LogP contribution >= 0.6 is 0 Å². The SMILES string of the molecule is CCNC(=NCc1ccccc1OCCN(C)C)N1CCC(COCCOC)C1. The highest BCUT2D eigenvalue weighted by Gasteiger charge is 2.25. The zero-order valence-electron chi connectivity index (χ0n) is 18.5. The summed E-state index contributed by atoms with van der Waals surface area (Å²) in [6.45, 7) is 9.19. The van der Waals surface area contributed by atoms with E-state index < -0.39 is 0 Å². The molecule has 0 radical (unpaired) electrons. The standard InChI is InChI=1S/C22H38N4O3/c1-5-23-22(26-11-10-19(17-26)18-28-15-14-27-4)24-16-20-8-6-7-9-21(20)29-13-12-25(2)3/h6-9,19H,5,10-18H2,1-4H3,(H,23,24).